The van der Waals surface area contributed by atoms with Crippen molar-refractivity contribution in [3.63, 3.8) is 0 Å². The smallest absolute Gasteiger partial charge is 0.0991 e. The first-order valence-electron chi connectivity index (χ1n) is 4.56. The Morgan fingerprint density at radius 3 is 2.93 bits per heavy atom. The van der Waals surface area contributed by atoms with E-state index in [4.69, 9.17) is 11.0 Å². The maximum absolute atomic E-state index is 8.75. The molecule has 0 saturated carbocycles. The number of benzene rings is 1. The van der Waals surface area contributed by atoms with Crippen LogP contribution in [0.25, 0.3) is 0 Å². The molecular weight excluding hydrogens is 172 g/mol. The van der Waals surface area contributed by atoms with Crippen LogP contribution in [0, 0.1) is 18.3 Å². The molecule has 14 heavy (non-hydrogen) atoms. The molecule has 0 aliphatic carbocycles. The number of aryl methyl sites for hydroxylation is 1. The Morgan fingerprint density at radius 1 is 1.64 bits per heavy atom. The summed E-state index contributed by atoms with van der Waals surface area (Å²) in [6.45, 7) is 5.65. The van der Waals surface area contributed by atoms with Gasteiger partial charge in [-0.1, -0.05) is 12.1 Å². The molecule has 0 bridgehead atoms. The van der Waals surface area contributed by atoms with Gasteiger partial charge < -0.3 is 5.73 Å². The summed E-state index contributed by atoms with van der Waals surface area (Å²) in [6.07, 6.45) is 2.53. The van der Waals surface area contributed by atoms with Gasteiger partial charge in [-0.2, -0.15) is 5.26 Å². The lowest BCUT2D eigenvalue weighted by molar-refractivity contribution is 0.735. The highest BCUT2D eigenvalue weighted by Crippen LogP contribution is 2.19. The Balaban J connectivity index is 3.06. The molecule has 1 rings (SSSR count). The zero-order valence-electron chi connectivity index (χ0n) is 8.33. The van der Waals surface area contributed by atoms with Crippen LogP contribution in [-0.2, 0) is 0 Å². The number of nitrogens with zero attached hydrogens (tertiary/aromatic N) is 1. The van der Waals surface area contributed by atoms with Crippen LogP contribution in [-0.4, -0.2) is 0 Å². The third kappa shape index (κ3) is 2.21. The molecule has 0 saturated heterocycles. The first kappa shape index (κ1) is 10.5. The number of nitrogens with two attached hydrogens (primary N) is 1. The van der Waals surface area contributed by atoms with E-state index in [-0.39, 0.29) is 6.04 Å². The Morgan fingerprint density at radius 2 is 2.36 bits per heavy atom. The average Bonchev–Trinajstić information content (AvgIpc) is 2.19. The van der Waals surface area contributed by atoms with E-state index in [2.05, 4.69) is 12.6 Å². The van der Waals surface area contributed by atoms with Crippen molar-refractivity contribution in [3.05, 3.63) is 47.5 Å². The lowest BCUT2D eigenvalue weighted by Crippen LogP contribution is -2.10. The number of hydrogen-bond donors (Lipinski definition) is 1. The second-order valence-corrected chi connectivity index (χ2v) is 3.31. The van der Waals surface area contributed by atoms with Crippen molar-refractivity contribution < 1.29 is 0 Å². The van der Waals surface area contributed by atoms with Gasteiger partial charge in [-0.15, -0.1) is 6.58 Å². The summed E-state index contributed by atoms with van der Waals surface area (Å²) in [6, 6.07) is 7.64. The first-order chi connectivity index (χ1) is 6.69. The Hall–Kier alpha value is -1.59. The second kappa shape index (κ2) is 4.59. The fourth-order valence-corrected chi connectivity index (χ4v) is 1.42. The molecule has 72 valence electrons. The highest BCUT2D eigenvalue weighted by atomic mass is 14.6. The summed E-state index contributed by atoms with van der Waals surface area (Å²) in [5.41, 5.74) is 8.76. The van der Waals surface area contributed by atoms with Crippen LogP contribution in [0.3, 0.4) is 0 Å². The molecule has 0 aromatic heterocycles. The van der Waals surface area contributed by atoms with Crippen LogP contribution in [0.15, 0.2) is 30.9 Å². The van der Waals surface area contributed by atoms with Gasteiger partial charge in [-0.05, 0) is 36.6 Å². The van der Waals surface area contributed by atoms with Gasteiger partial charge in [0, 0.05) is 6.04 Å². The molecule has 1 aromatic carbocycles. The normalized spacial score (nSPS) is 11.8. The molecule has 1 aromatic rings. The third-order valence-electron chi connectivity index (χ3n) is 2.23. The zero-order chi connectivity index (χ0) is 10.6. The van der Waals surface area contributed by atoms with Crippen LogP contribution in [0.4, 0.5) is 0 Å². The molecule has 2 N–H and O–H groups in total. The van der Waals surface area contributed by atoms with Gasteiger partial charge in [0.25, 0.3) is 0 Å². The minimum atomic E-state index is -0.0548. The fourth-order valence-electron chi connectivity index (χ4n) is 1.42. The van der Waals surface area contributed by atoms with Gasteiger partial charge in [0.2, 0.25) is 0 Å². The highest BCUT2D eigenvalue weighted by Gasteiger charge is 2.07. The number of rotatable bonds is 3. The quantitative estimate of drug-likeness (QED) is 0.737. The first-order valence-corrected chi connectivity index (χ1v) is 4.56. The summed E-state index contributed by atoms with van der Waals surface area (Å²) in [4.78, 5) is 0. The van der Waals surface area contributed by atoms with Gasteiger partial charge in [0.15, 0.2) is 0 Å². The van der Waals surface area contributed by atoms with Gasteiger partial charge in [0.05, 0.1) is 11.6 Å². The molecule has 2 nitrogen and oxygen atoms in total. The summed E-state index contributed by atoms with van der Waals surface area (Å²) in [7, 11) is 0. The molecule has 0 heterocycles. The van der Waals surface area contributed by atoms with Crippen molar-refractivity contribution in [3.8, 4) is 6.07 Å². The minimum absolute atomic E-state index is 0.0548. The van der Waals surface area contributed by atoms with E-state index in [1.807, 2.05) is 19.1 Å². The molecule has 0 aliphatic rings. The largest absolute Gasteiger partial charge is 0.324 e. The minimum Gasteiger partial charge on any atom is -0.324 e. The van der Waals surface area contributed by atoms with Crippen molar-refractivity contribution in [2.75, 3.05) is 0 Å². The summed E-state index contributed by atoms with van der Waals surface area (Å²) >= 11 is 0. The monoisotopic (exact) mass is 186 g/mol. The van der Waals surface area contributed by atoms with E-state index < -0.39 is 0 Å². The summed E-state index contributed by atoms with van der Waals surface area (Å²) in [5.74, 6) is 0. The van der Waals surface area contributed by atoms with E-state index in [1.165, 1.54) is 0 Å². The van der Waals surface area contributed by atoms with Crippen LogP contribution in [0.1, 0.15) is 29.2 Å². The number of hydrogen-bond acceptors (Lipinski definition) is 2. The molecule has 0 fully saturated rings. The topological polar surface area (TPSA) is 49.8 Å². The van der Waals surface area contributed by atoms with Gasteiger partial charge >= 0.3 is 0 Å². The lowest BCUT2D eigenvalue weighted by Gasteiger charge is -2.12. The van der Waals surface area contributed by atoms with Crippen molar-refractivity contribution in [1.82, 2.24) is 0 Å². The van der Waals surface area contributed by atoms with E-state index >= 15 is 0 Å². The molecule has 0 aliphatic heterocycles. The Labute approximate surface area is 84.7 Å². The van der Waals surface area contributed by atoms with Crippen molar-refractivity contribution >= 4 is 0 Å². The molecule has 1 atom stereocenters. The van der Waals surface area contributed by atoms with Crippen molar-refractivity contribution in [2.45, 2.75) is 19.4 Å². The van der Waals surface area contributed by atoms with E-state index in [0.717, 1.165) is 17.5 Å². The van der Waals surface area contributed by atoms with Crippen LogP contribution in [0.5, 0.6) is 0 Å². The predicted octanol–water partition coefficient (Wildman–Crippen LogP) is 2.44. The fraction of sp³-hybridized carbons (Fsp3) is 0.250. The van der Waals surface area contributed by atoms with Crippen LogP contribution < -0.4 is 5.73 Å². The molecule has 0 radical (unpaired) electrons. The van der Waals surface area contributed by atoms with E-state index in [0.29, 0.717) is 5.56 Å². The molecular formula is C12H14N2. The zero-order valence-corrected chi connectivity index (χ0v) is 8.33. The van der Waals surface area contributed by atoms with Gasteiger partial charge in [0.1, 0.15) is 0 Å². The van der Waals surface area contributed by atoms with Crippen LogP contribution >= 0.6 is 0 Å². The molecule has 0 spiro atoms. The maximum Gasteiger partial charge on any atom is 0.0991 e. The SMILES string of the molecule is C=CC[C@@H](N)c1cc(C#N)ccc1C. The second-order valence-electron chi connectivity index (χ2n) is 3.31. The summed E-state index contributed by atoms with van der Waals surface area (Å²) < 4.78 is 0. The van der Waals surface area contributed by atoms with Gasteiger partial charge in [-0.25, -0.2) is 0 Å². The van der Waals surface area contributed by atoms with Crippen molar-refractivity contribution in [1.29, 1.82) is 5.26 Å². The predicted molar refractivity (Wildman–Crippen MR) is 57.6 cm³/mol. The van der Waals surface area contributed by atoms with E-state index in [1.54, 1.807) is 12.1 Å². The Bertz CT molecular complexity index is 374. The molecule has 2 heteroatoms. The van der Waals surface area contributed by atoms with Crippen molar-refractivity contribution in [2.24, 2.45) is 5.73 Å². The lowest BCUT2D eigenvalue weighted by atomic mass is 9.97. The van der Waals surface area contributed by atoms with Crippen LogP contribution in [0.2, 0.25) is 0 Å². The molecule has 0 unspecified atom stereocenters. The third-order valence-corrected chi connectivity index (χ3v) is 2.23. The number of nitriles is 1. The Kier molecular flexibility index (Phi) is 3.44. The standard InChI is InChI=1S/C12H14N2/c1-3-4-12(14)11-7-10(8-13)6-5-9(11)2/h3,5-7,12H,1,4,14H2,2H3/t12-/m1/s1. The maximum atomic E-state index is 8.75. The van der Waals surface area contributed by atoms with Gasteiger partial charge in [-0.3, -0.25) is 0 Å². The summed E-state index contributed by atoms with van der Waals surface area (Å²) in [5, 5.41) is 8.75. The highest BCUT2D eigenvalue weighted by molar-refractivity contribution is 5.39. The van der Waals surface area contributed by atoms with E-state index in [9.17, 15) is 0 Å². The molecule has 0 amide bonds. The average molecular weight is 186 g/mol.